The molecule has 0 saturated carbocycles. The number of rotatable bonds is 7. The van der Waals surface area contributed by atoms with Crippen LogP contribution < -0.4 is 10.6 Å². The number of carbonyl (C=O) groups excluding carboxylic acids is 2. The quantitative estimate of drug-likeness (QED) is 0.348. The highest BCUT2D eigenvalue weighted by Crippen LogP contribution is 2.11. The van der Waals surface area contributed by atoms with Gasteiger partial charge in [0.05, 0.1) is 0 Å². The predicted octanol–water partition coefficient (Wildman–Crippen LogP) is 3.38. The fraction of sp³-hybridized carbons (Fsp3) is 0.190. The Bertz CT molecular complexity index is 862. The molecular formula is C21H21N3O2. The maximum Gasteiger partial charge on any atom is 0.267 e. The van der Waals surface area contributed by atoms with Crippen LogP contribution in [0.4, 0.5) is 5.69 Å². The van der Waals surface area contributed by atoms with Crippen molar-refractivity contribution in [1.29, 1.82) is 5.26 Å². The molecule has 0 bridgehead atoms. The molecule has 0 radical (unpaired) electrons. The molecule has 2 rings (SSSR count). The van der Waals surface area contributed by atoms with E-state index in [4.69, 9.17) is 0 Å². The molecule has 0 aliphatic rings. The van der Waals surface area contributed by atoms with E-state index in [-0.39, 0.29) is 11.4 Å². The van der Waals surface area contributed by atoms with Crippen molar-refractivity contribution >= 4 is 17.4 Å². The Kier molecular flexibility index (Phi) is 6.69. The summed E-state index contributed by atoms with van der Waals surface area (Å²) in [7, 11) is 0. The first-order valence-corrected chi connectivity index (χ1v) is 8.31. The lowest BCUT2D eigenvalue weighted by molar-refractivity contribution is -0.112. The second-order valence-electron chi connectivity index (χ2n) is 5.95. The van der Waals surface area contributed by atoms with E-state index in [1.807, 2.05) is 31.2 Å². The topological polar surface area (TPSA) is 82.0 Å². The molecule has 0 aliphatic carbocycles. The largest absolute Gasteiger partial charge is 0.389 e. The lowest BCUT2D eigenvalue weighted by atomic mass is 10.1. The van der Waals surface area contributed by atoms with Gasteiger partial charge in [0.1, 0.15) is 11.6 Å². The Morgan fingerprint density at radius 3 is 2.50 bits per heavy atom. The second-order valence-corrected chi connectivity index (χ2v) is 5.95. The number of benzene rings is 2. The SMILES string of the molecule is CC(=O)c1ccc(NC(=O)/C(C#N)=C\NCCc2cccc(C)c2)cc1. The van der Waals surface area contributed by atoms with Crippen LogP contribution in [0.25, 0.3) is 0 Å². The van der Waals surface area contributed by atoms with Gasteiger partial charge < -0.3 is 10.6 Å². The summed E-state index contributed by atoms with van der Waals surface area (Å²) in [6.45, 7) is 4.14. The van der Waals surface area contributed by atoms with Gasteiger partial charge in [-0.25, -0.2) is 0 Å². The average Bonchev–Trinajstić information content (AvgIpc) is 2.62. The molecule has 0 unspecified atom stereocenters. The molecule has 0 spiro atoms. The number of nitrogens with one attached hydrogen (secondary N) is 2. The average molecular weight is 347 g/mol. The molecule has 5 nitrogen and oxygen atoms in total. The first-order valence-electron chi connectivity index (χ1n) is 8.31. The van der Waals surface area contributed by atoms with Crippen LogP contribution in [0.1, 0.15) is 28.4 Å². The lowest BCUT2D eigenvalue weighted by Crippen LogP contribution is -2.18. The molecule has 5 heteroatoms. The molecule has 2 aromatic rings. The number of amides is 1. The van der Waals surface area contributed by atoms with Crippen LogP contribution in [0.3, 0.4) is 0 Å². The van der Waals surface area contributed by atoms with E-state index in [0.29, 0.717) is 17.8 Å². The standard InChI is InChI=1S/C21H21N3O2/c1-15-4-3-5-17(12-15)10-11-23-14-19(13-22)21(26)24-20-8-6-18(7-9-20)16(2)25/h3-9,12,14,23H,10-11H2,1-2H3,(H,24,26)/b19-14-. The van der Waals surface area contributed by atoms with Crippen molar-refractivity contribution < 1.29 is 9.59 Å². The lowest BCUT2D eigenvalue weighted by Gasteiger charge is -2.06. The zero-order chi connectivity index (χ0) is 18.9. The number of ketones is 1. The highest BCUT2D eigenvalue weighted by Gasteiger charge is 2.09. The minimum absolute atomic E-state index is 0.00936. The summed E-state index contributed by atoms with van der Waals surface area (Å²) in [5.74, 6) is -0.538. The summed E-state index contributed by atoms with van der Waals surface area (Å²) in [6.07, 6.45) is 2.22. The van der Waals surface area contributed by atoms with Crippen molar-refractivity contribution in [2.75, 3.05) is 11.9 Å². The van der Waals surface area contributed by atoms with Crippen LogP contribution in [0.2, 0.25) is 0 Å². The third-order valence-electron chi connectivity index (χ3n) is 3.80. The number of Topliss-reactive ketones (excluding diaryl/α,β-unsaturated/α-hetero) is 1. The van der Waals surface area contributed by atoms with E-state index in [2.05, 4.69) is 16.7 Å². The normalized spacial score (nSPS) is 10.7. The number of carbonyl (C=O) groups is 2. The zero-order valence-corrected chi connectivity index (χ0v) is 14.9. The van der Waals surface area contributed by atoms with Gasteiger partial charge in [0.2, 0.25) is 0 Å². The van der Waals surface area contributed by atoms with E-state index in [9.17, 15) is 14.9 Å². The number of anilines is 1. The van der Waals surface area contributed by atoms with Gasteiger partial charge in [0, 0.05) is 24.0 Å². The molecule has 26 heavy (non-hydrogen) atoms. The highest BCUT2D eigenvalue weighted by atomic mass is 16.1. The number of nitrogens with zero attached hydrogens (tertiary/aromatic N) is 1. The number of aryl methyl sites for hydroxylation is 1. The fourth-order valence-corrected chi connectivity index (χ4v) is 2.39. The van der Waals surface area contributed by atoms with Crippen molar-refractivity contribution in [2.45, 2.75) is 20.3 Å². The Labute approximate surface area is 153 Å². The van der Waals surface area contributed by atoms with E-state index in [1.54, 1.807) is 24.3 Å². The van der Waals surface area contributed by atoms with Crippen molar-refractivity contribution in [1.82, 2.24) is 5.32 Å². The van der Waals surface area contributed by atoms with Crippen LogP contribution in [-0.4, -0.2) is 18.2 Å². The molecule has 1 amide bonds. The maximum absolute atomic E-state index is 12.2. The van der Waals surface area contributed by atoms with E-state index >= 15 is 0 Å². The maximum atomic E-state index is 12.2. The second kappa shape index (κ2) is 9.19. The summed E-state index contributed by atoms with van der Waals surface area (Å²) < 4.78 is 0. The Balaban J connectivity index is 1.90. The third-order valence-corrected chi connectivity index (χ3v) is 3.80. The number of hydrogen-bond acceptors (Lipinski definition) is 4. The monoisotopic (exact) mass is 347 g/mol. The highest BCUT2D eigenvalue weighted by molar-refractivity contribution is 6.06. The van der Waals surface area contributed by atoms with Crippen molar-refractivity contribution in [3.8, 4) is 6.07 Å². The first-order chi connectivity index (χ1) is 12.5. The summed E-state index contributed by atoms with van der Waals surface area (Å²) >= 11 is 0. The molecule has 0 heterocycles. The molecule has 0 aromatic heterocycles. The van der Waals surface area contributed by atoms with E-state index in [0.717, 1.165) is 6.42 Å². The Hall–Kier alpha value is -3.39. The van der Waals surface area contributed by atoms with Gasteiger partial charge in [-0.2, -0.15) is 5.26 Å². The van der Waals surface area contributed by atoms with Gasteiger partial charge in [0.25, 0.3) is 5.91 Å². The van der Waals surface area contributed by atoms with Gasteiger partial charge in [-0.1, -0.05) is 29.8 Å². The van der Waals surface area contributed by atoms with Gasteiger partial charge in [-0.3, -0.25) is 9.59 Å². The van der Waals surface area contributed by atoms with Crippen molar-refractivity contribution in [3.05, 3.63) is 77.0 Å². The fourth-order valence-electron chi connectivity index (χ4n) is 2.39. The summed E-state index contributed by atoms with van der Waals surface area (Å²) in [5, 5.41) is 14.8. The van der Waals surface area contributed by atoms with Crippen molar-refractivity contribution in [2.24, 2.45) is 0 Å². The van der Waals surface area contributed by atoms with Crippen LogP contribution in [0.5, 0.6) is 0 Å². The predicted molar refractivity (Wildman–Crippen MR) is 102 cm³/mol. The van der Waals surface area contributed by atoms with Crippen molar-refractivity contribution in [3.63, 3.8) is 0 Å². The van der Waals surface area contributed by atoms with Crippen LogP contribution in [-0.2, 0) is 11.2 Å². The summed E-state index contributed by atoms with van der Waals surface area (Å²) in [4.78, 5) is 23.4. The summed E-state index contributed by atoms with van der Waals surface area (Å²) in [5.41, 5.74) is 3.48. The van der Waals surface area contributed by atoms with Gasteiger partial charge in [-0.05, 0) is 50.1 Å². The minimum Gasteiger partial charge on any atom is -0.389 e. The van der Waals surface area contributed by atoms with Gasteiger partial charge >= 0.3 is 0 Å². The Morgan fingerprint density at radius 2 is 1.88 bits per heavy atom. The smallest absolute Gasteiger partial charge is 0.267 e. The van der Waals surface area contributed by atoms with Crippen LogP contribution in [0.15, 0.2) is 60.3 Å². The summed E-state index contributed by atoms with van der Waals surface area (Å²) in [6, 6.07) is 16.6. The molecule has 0 aliphatic heterocycles. The van der Waals surface area contributed by atoms with Gasteiger partial charge in [-0.15, -0.1) is 0 Å². The first kappa shape index (κ1) is 18.9. The number of hydrogen-bond donors (Lipinski definition) is 2. The van der Waals surface area contributed by atoms with E-state index < -0.39 is 5.91 Å². The molecule has 0 saturated heterocycles. The molecule has 0 atom stereocenters. The van der Waals surface area contributed by atoms with Crippen LogP contribution in [0, 0.1) is 18.3 Å². The zero-order valence-electron chi connectivity index (χ0n) is 14.9. The molecular weight excluding hydrogens is 326 g/mol. The number of nitriles is 1. The molecule has 0 fully saturated rings. The molecule has 132 valence electrons. The van der Waals surface area contributed by atoms with Crippen LogP contribution >= 0.6 is 0 Å². The Morgan fingerprint density at radius 1 is 1.15 bits per heavy atom. The molecule has 2 N–H and O–H groups in total. The minimum atomic E-state index is -0.494. The van der Waals surface area contributed by atoms with E-state index in [1.165, 1.54) is 24.3 Å². The van der Waals surface area contributed by atoms with Gasteiger partial charge in [0.15, 0.2) is 5.78 Å². The molecule has 2 aromatic carbocycles. The third kappa shape index (κ3) is 5.60.